The second-order valence-electron chi connectivity index (χ2n) is 5.72. The number of nitrogens with zero attached hydrogens (tertiary/aromatic N) is 2. The average Bonchev–Trinajstić information content (AvgIpc) is 2.32. The Morgan fingerprint density at radius 3 is 2.63 bits per heavy atom. The van der Waals surface area contributed by atoms with Gasteiger partial charge in [-0.2, -0.15) is 0 Å². The number of carboxylic acid groups (broad SMARTS) is 1. The summed E-state index contributed by atoms with van der Waals surface area (Å²) in [6.07, 6.45) is 1.65. The highest BCUT2D eigenvalue weighted by Gasteiger charge is 2.45. The molecule has 0 aromatic rings. The molecule has 0 spiro atoms. The monoisotopic (exact) mass is 272 g/mol. The van der Waals surface area contributed by atoms with Crippen LogP contribution in [0, 0.1) is 5.41 Å². The molecule has 0 aliphatic carbocycles. The summed E-state index contributed by atoms with van der Waals surface area (Å²) in [5, 5.41) is 9.41. The molecular weight excluding hydrogens is 248 g/mol. The van der Waals surface area contributed by atoms with Crippen LogP contribution in [0.4, 0.5) is 4.79 Å². The highest BCUT2D eigenvalue weighted by Crippen LogP contribution is 2.35. The van der Waals surface area contributed by atoms with Crippen LogP contribution in [0.1, 0.15) is 26.7 Å². The lowest BCUT2D eigenvalue weighted by Gasteiger charge is -2.45. The van der Waals surface area contributed by atoms with Crippen molar-refractivity contribution in [1.82, 2.24) is 9.80 Å². The van der Waals surface area contributed by atoms with Crippen LogP contribution < -0.4 is 0 Å². The number of piperidine rings is 1. The first kappa shape index (κ1) is 15.8. The predicted molar refractivity (Wildman–Crippen MR) is 71.0 cm³/mol. The molecule has 6 heteroatoms. The number of amides is 2. The third-order valence-corrected chi connectivity index (χ3v) is 3.71. The fourth-order valence-corrected chi connectivity index (χ4v) is 2.61. The molecule has 1 aliphatic rings. The lowest BCUT2D eigenvalue weighted by atomic mass is 9.76. The number of aliphatic carboxylic acids is 1. The van der Waals surface area contributed by atoms with Gasteiger partial charge in [0.25, 0.3) is 0 Å². The van der Waals surface area contributed by atoms with Crippen LogP contribution in [-0.2, 0) is 9.53 Å². The van der Waals surface area contributed by atoms with Crippen molar-refractivity contribution in [3.8, 4) is 0 Å². The number of hydrogen-bond donors (Lipinski definition) is 1. The van der Waals surface area contributed by atoms with Crippen LogP contribution >= 0.6 is 0 Å². The summed E-state index contributed by atoms with van der Waals surface area (Å²) in [7, 11) is 3.24. The summed E-state index contributed by atoms with van der Waals surface area (Å²) in [6.45, 7) is 5.20. The van der Waals surface area contributed by atoms with E-state index in [1.54, 1.807) is 14.2 Å². The molecular formula is C13H24N2O4. The SMILES string of the molecule is COCCN(C)C(=O)N1CCCC(C)(C)C1C(=O)O. The van der Waals surface area contributed by atoms with Crippen LogP contribution in [0.2, 0.25) is 0 Å². The van der Waals surface area contributed by atoms with Crippen molar-refractivity contribution in [2.75, 3.05) is 33.9 Å². The quantitative estimate of drug-likeness (QED) is 0.836. The van der Waals surface area contributed by atoms with Crippen molar-refractivity contribution in [2.24, 2.45) is 5.41 Å². The third kappa shape index (κ3) is 3.59. The van der Waals surface area contributed by atoms with E-state index in [1.165, 1.54) is 9.80 Å². The lowest BCUT2D eigenvalue weighted by molar-refractivity contribution is -0.148. The number of methoxy groups -OCH3 is 1. The molecule has 6 nitrogen and oxygen atoms in total. The molecule has 1 saturated heterocycles. The molecule has 110 valence electrons. The van der Waals surface area contributed by atoms with E-state index in [2.05, 4.69) is 0 Å². The standard InChI is InChI=1S/C13H24N2O4/c1-13(2)6-5-7-15(10(13)11(16)17)12(18)14(3)8-9-19-4/h10H,5-9H2,1-4H3,(H,16,17). The van der Waals surface area contributed by atoms with Gasteiger partial charge >= 0.3 is 12.0 Å². The second-order valence-corrected chi connectivity index (χ2v) is 5.72. The maximum absolute atomic E-state index is 12.3. The van der Waals surface area contributed by atoms with Crippen LogP contribution in [-0.4, -0.2) is 66.8 Å². The van der Waals surface area contributed by atoms with Gasteiger partial charge < -0.3 is 19.6 Å². The molecule has 2 amide bonds. The largest absolute Gasteiger partial charge is 0.480 e. The van der Waals surface area contributed by atoms with Gasteiger partial charge in [0, 0.05) is 27.2 Å². The molecule has 1 aliphatic heterocycles. The number of carbonyl (C=O) groups is 2. The van der Waals surface area contributed by atoms with Crippen LogP contribution in [0.3, 0.4) is 0 Å². The summed E-state index contributed by atoms with van der Waals surface area (Å²) in [4.78, 5) is 26.8. The summed E-state index contributed by atoms with van der Waals surface area (Å²) < 4.78 is 4.94. The Morgan fingerprint density at radius 1 is 1.47 bits per heavy atom. The Morgan fingerprint density at radius 2 is 2.11 bits per heavy atom. The third-order valence-electron chi connectivity index (χ3n) is 3.71. The fourth-order valence-electron chi connectivity index (χ4n) is 2.61. The minimum absolute atomic E-state index is 0.239. The fraction of sp³-hybridized carbons (Fsp3) is 0.846. The van der Waals surface area contributed by atoms with Gasteiger partial charge in [-0.1, -0.05) is 13.8 Å². The number of likely N-dealkylation sites (N-methyl/N-ethyl adjacent to an activating group) is 1. The Balaban J connectivity index is 2.83. The highest BCUT2D eigenvalue weighted by molar-refractivity contribution is 5.83. The molecule has 0 radical (unpaired) electrons. The molecule has 19 heavy (non-hydrogen) atoms. The minimum atomic E-state index is -0.932. The minimum Gasteiger partial charge on any atom is -0.480 e. The number of urea groups is 1. The number of rotatable bonds is 4. The molecule has 0 aromatic heterocycles. The summed E-state index contributed by atoms with van der Waals surface area (Å²) in [5.74, 6) is -0.932. The van der Waals surface area contributed by atoms with E-state index < -0.39 is 17.4 Å². The molecule has 0 saturated carbocycles. The van der Waals surface area contributed by atoms with E-state index in [0.29, 0.717) is 19.7 Å². The summed E-state index contributed by atoms with van der Waals surface area (Å²) in [6, 6.07) is -1.00. The Hall–Kier alpha value is -1.30. The molecule has 1 atom stereocenters. The second kappa shape index (κ2) is 6.23. The number of ether oxygens (including phenoxy) is 1. The molecule has 1 N–H and O–H groups in total. The van der Waals surface area contributed by atoms with Crippen LogP contribution in [0.25, 0.3) is 0 Å². The molecule has 1 unspecified atom stereocenters. The van der Waals surface area contributed by atoms with Crippen molar-refractivity contribution in [1.29, 1.82) is 0 Å². The molecule has 1 rings (SSSR count). The van der Waals surface area contributed by atoms with Crippen molar-refractivity contribution in [2.45, 2.75) is 32.7 Å². The van der Waals surface area contributed by atoms with Crippen molar-refractivity contribution in [3.05, 3.63) is 0 Å². The smallest absolute Gasteiger partial charge is 0.327 e. The number of carbonyl (C=O) groups excluding carboxylic acids is 1. The van der Waals surface area contributed by atoms with Gasteiger partial charge in [-0.15, -0.1) is 0 Å². The van der Waals surface area contributed by atoms with Gasteiger partial charge in [-0.25, -0.2) is 9.59 Å². The van der Waals surface area contributed by atoms with E-state index >= 15 is 0 Å². The van der Waals surface area contributed by atoms with Gasteiger partial charge in [0.1, 0.15) is 6.04 Å². The van der Waals surface area contributed by atoms with Gasteiger partial charge in [0.2, 0.25) is 0 Å². The Kier molecular flexibility index (Phi) is 5.17. The number of likely N-dealkylation sites (tertiary alicyclic amines) is 1. The molecule has 1 fully saturated rings. The van der Waals surface area contributed by atoms with E-state index in [-0.39, 0.29) is 6.03 Å². The first-order chi connectivity index (χ1) is 8.81. The predicted octanol–water partition coefficient (Wildman–Crippen LogP) is 1.26. The zero-order valence-electron chi connectivity index (χ0n) is 12.2. The highest BCUT2D eigenvalue weighted by atomic mass is 16.5. The van der Waals surface area contributed by atoms with Gasteiger partial charge in [-0.3, -0.25) is 0 Å². The van der Waals surface area contributed by atoms with Crippen LogP contribution in [0.5, 0.6) is 0 Å². The summed E-state index contributed by atoms with van der Waals surface area (Å²) in [5.41, 5.74) is -0.401. The average molecular weight is 272 g/mol. The van der Waals surface area contributed by atoms with Gasteiger partial charge in [0.05, 0.1) is 6.61 Å². The van der Waals surface area contributed by atoms with Crippen LogP contribution in [0.15, 0.2) is 0 Å². The maximum atomic E-state index is 12.3. The van der Waals surface area contributed by atoms with E-state index in [9.17, 15) is 14.7 Å². The number of hydrogen-bond acceptors (Lipinski definition) is 3. The van der Waals surface area contributed by atoms with Crippen molar-refractivity contribution in [3.63, 3.8) is 0 Å². The summed E-state index contributed by atoms with van der Waals surface area (Å²) >= 11 is 0. The first-order valence-electron chi connectivity index (χ1n) is 6.54. The topological polar surface area (TPSA) is 70.1 Å². The Bertz CT molecular complexity index is 344. The van der Waals surface area contributed by atoms with Crippen molar-refractivity contribution < 1.29 is 19.4 Å². The van der Waals surface area contributed by atoms with E-state index in [0.717, 1.165) is 12.8 Å². The van der Waals surface area contributed by atoms with E-state index in [1.807, 2.05) is 13.8 Å². The van der Waals surface area contributed by atoms with Crippen molar-refractivity contribution >= 4 is 12.0 Å². The zero-order valence-corrected chi connectivity index (χ0v) is 12.2. The van der Waals surface area contributed by atoms with Gasteiger partial charge in [-0.05, 0) is 18.3 Å². The normalized spacial score (nSPS) is 22.1. The number of carboxylic acids is 1. The van der Waals surface area contributed by atoms with E-state index in [4.69, 9.17) is 4.74 Å². The zero-order chi connectivity index (χ0) is 14.6. The first-order valence-corrected chi connectivity index (χ1v) is 6.54. The molecule has 0 bridgehead atoms. The Labute approximate surface area is 114 Å². The van der Waals surface area contributed by atoms with Gasteiger partial charge in [0.15, 0.2) is 0 Å². The molecule has 0 aromatic carbocycles. The maximum Gasteiger partial charge on any atom is 0.327 e. The lowest BCUT2D eigenvalue weighted by Crippen LogP contribution is -2.59. The molecule has 1 heterocycles.